The van der Waals surface area contributed by atoms with Crippen molar-refractivity contribution in [2.45, 2.75) is 83.6 Å². The van der Waals surface area contributed by atoms with E-state index in [9.17, 15) is 0 Å². The Morgan fingerprint density at radius 3 is 1.54 bits per heavy atom. The Bertz CT molecular complexity index is 607. The Labute approximate surface area is 223 Å². The molecule has 1 aromatic rings. The van der Waals surface area contributed by atoms with Gasteiger partial charge in [0.05, 0.1) is 0 Å². The average Bonchev–Trinajstić information content (AvgIpc) is 2.84. The first-order chi connectivity index (χ1) is 16.9. The molecule has 1 aromatic carbocycles. The summed E-state index contributed by atoms with van der Waals surface area (Å²) in [6.07, 6.45) is 6.76. The molecule has 6 nitrogen and oxygen atoms in total. The molecule has 8 heteroatoms. The molecule has 0 aliphatic heterocycles. The molecule has 1 rings (SSSR count). The molecule has 0 aliphatic rings. The predicted molar refractivity (Wildman–Crippen MR) is 140 cm³/mol. The van der Waals surface area contributed by atoms with Crippen LogP contribution in [0.25, 0.3) is 0 Å². The Hall–Kier alpha value is 0.149. The van der Waals surface area contributed by atoms with Gasteiger partial charge in [-0.1, -0.05) is 0 Å². The van der Waals surface area contributed by atoms with Crippen molar-refractivity contribution >= 4 is 3.87 Å². The molecular weight excluding hydrogens is 516 g/mol. The van der Waals surface area contributed by atoms with Gasteiger partial charge in [-0.2, -0.15) is 0 Å². The van der Waals surface area contributed by atoms with Crippen LogP contribution < -0.4 is 3.87 Å². The zero-order chi connectivity index (χ0) is 26.5. The number of hydrogen-bond donors (Lipinski definition) is 0. The van der Waals surface area contributed by atoms with E-state index in [1.54, 1.807) is 0 Å². The van der Waals surface area contributed by atoms with Gasteiger partial charge in [0.2, 0.25) is 0 Å². The number of hydrogen-bond acceptors (Lipinski definition) is 6. The summed E-state index contributed by atoms with van der Waals surface area (Å²) < 4.78 is 38.9. The summed E-state index contributed by atoms with van der Waals surface area (Å²) in [5.41, 5.74) is 0. The second-order valence-corrected chi connectivity index (χ2v) is 19.2. The van der Waals surface area contributed by atoms with Crippen LogP contribution in [-0.2, 0) is 54.1 Å². The second-order valence-electron chi connectivity index (χ2n) is 8.19. The van der Waals surface area contributed by atoms with Crippen molar-refractivity contribution in [2.75, 3.05) is 39.6 Å². The first-order valence-electron chi connectivity index (χ1n) is 13.6. The Morgan fingerprint density at radius 1 is 0.686 bits per heavy atom. The fraction of sp³-hybridized carbons (Fsp3) is 0.704. The standard InChI is InChI=1S/C6H5.C6H13.C3H5.6C2H5O.2Ti/c1-2-4-6-5-3-1;1-3-5-6-4-2;1-3-2;6*1-2-3;;/h1-5H;1,3-6H2,2H3;3H,1-2H2;6*2H2,1H3;;/q;;;6*-1;2*+3. The van der Waals surface area contributed by atoms with Crippen LogP contribution in [0.15, 0.2) is 43.0 Å². The summed E-state index contributed by atoms with van der Waals surface area (Å²) in [6, 6.07) is 10.0. The minimum absolute atomic E-state index is 0.620. The van der Waals surface area contributed by atoms with Crippen molar-refractivity contribution in [1.29, 1.82) is 0 Å². The van der Waals surface area contributed by atoms with E-state index in [-0.39, 0.29) is 0 Å². The van der Waals surface area contributed by atoms with E-state index in [1.807, 2.05) is 78.0 Å². The molecule has 0 heterocycles. The van der Waals surface area contributed by atoms with E-state index in [1.165, 1.54) is 19.3 Å². The molecule has 0 aromatic heterocycles. The Morgan fingerprint density at radius 2 is 1.17 bits per heavy atom. The Balaban J connectivity index is 0.000000669. The molecular formula is C27H53O6Ti2. The van der Waals surface area contributed by atoms with E-state index in [4.69, 9.17) is 19.9 Å². The molecule has 35 heavy (non-hydrogen) atoms. The fourth-order valence-corrected chi connectivity index (χ4v) is 15.5. The molecule has 0 radical (unpaired) electrons. The average molecular weight is 569 g/mol. The van der Waals surface area contributed by atoms with Crippen molar-refractivity contribution in [3.8, 4) is 0 Å². The summed E-state index contributed by atoms with van der Waals surface area (Å²) in [5.74, 6) is 0. The topological polar surface area (TPSA) is 55.4 Å². The zero-order valence-corrected chi connectivity index (χ0v) is 26.7. The van der Waals surface area contributed by atoms with Crippen LogP contribution in [0.1, 0.15) is 74.1 Å². The van der Waals surface area contributed by atoms with Crippen molar-refractivity contribution in [2.24, 2.45) is 0 Å². The van der Waals surface area contributed by atoms with Gasteiger partial charge in [0, 0.05) is 0 Å². The third-order valence-electron chi connectivity index (χ3n) is 5.58. The number of benzene rings is 1. The van der Waals surface area contributed by atoms with Crippen molar-refractivity contribution in [1.82, 2.24) is 0 Å². The van der Waals surface area contributed by atoms with Crippen molar-refractivity contribution < 1.29 is 54.1 Å². The van der Waals surface area contributed by atoms with E-state index < -0.39 is 34.2 Å². The van der Waals surface area contributed by atoms with Crippen LogP contribution in [-0.4, -0.2) is 39.6 Å². The molecule has 0 N–H and O–H groups in total. The molecule has 0 atom stereocenters. The van der Waals surface area contributed by atoms with Gasteiger partial charge in [0.1, 0.15) is 0 Å². The van der Waals surface area contributed by atoms with Gasteiger partial charge in [0.25, 0.3) is 0 Å². The normalized spacial score (nSPS) is 12.9. The SMILES string of the molecule is C=C[CH2][Ti]([CH2]CCCCC)([O]CC)([O]CC)[O]CC.CC[O][Ti]([O]CC)([O]CC)[c]1ccccc1. The summed E-state index contributed by atoms with van der Waals surface area (Å²) in [4.78, 5) is 0. The van der Waals surface area contributed by atoms with E-state index in [0.717, 1.165) is 19.7 Å². The molecule has 0 spiro atoms. The molecule has 0 saturated carbocycles. The van der Waals surface area contributed by atoms with Gasteiger partial charge in [-0.3, -0.25) is 0 Å². The van der Waals surface area contributed by atoms with Crippen molar-refractivity contribution in [3.05, 3.63) is 43.0 Å². The van der Waals surface area contributed by atoms with Gasteiger partial charge in [0.15, 0.2) is 0 Å². The molecule has 0 aliphatic carbocycles. The number of allylic oxidation sites excluding steroid dienone is 1. The van der Waals surface area contributed by atoms with Gasteiger partial charge < -0.3 is 0 Å². The summed E-state index contributed by atoms with van der Waals surface area (Å²) >= 11 is -7.02. The van der Waals surface area contributed by atoms with Gasteiger partial charge >= 0.3 is 224 Å². The quantitative estimate of drug-likeness (QED) is 0.0924. The molecule has 0 saturated heterocycles. The first-order valence-corrected chi connectivity index (χ1v) is 20.4. The van der Waals surface area contributed by atoms with Crippen LogP contribution in [0.5, 0.6) is 0 Å². The molecule has 205 valence electrons. The van der Waals surface area contributed by atoms with Gasteiger partial charge in [-0.15, -0.1) is 0 Å². The second kappa shape index (κ2) is 20.2. The summed E-state index contributed by atoms with van der Waals surface area (Å²) in [6.45, 7) is 21.9. The van der Waals surface area contributed by atoms with Crippen LogP contribution in [0.2, 0.25) is 9.45 Å². The number of unbranched alkanes of at least 4 members (excludes halogenated alkanes) is 3. The number of rotatable bonds is 20. The zero-order valence-electron chi connectivity index (χ0n) is 23.6. The van der Waals surface area contributed by atoms with Crippen LogP contribution in [0, 0.1) is 0 Å². The monoisotopic (exact) mass is 569 g/mol. The van der Waals surface area contributed by atoms with Gasteiger partial charge in [-0.25, -0.2) is 0 Å². The van der Waals surface area contributed by atoms with E-state index >= 15 is 0 Å². The van der Waals surface area contributed by atoms with Crippen LogP contribution in [0.4, 0.5) is 0 Å². The van der Waals surface area contributed by atoms with Crippen LogP contribution in [0.3, 0.4) is 0 Å². The maximum atomic E-state index is 6.19. The maximum absolute atomic E-state index is 6.19. The minimum atomic E-state index is -3.78. The van der Waals surface area contributed by atoms with Crippen molar-refractivity contribution in [3.63, 3.8) is 0 Å². The molecule has 0 amide bonds. The predicted octanol–water partition coefficient (Wildman–Crippen LogP) is 7.45. The van der Waals surface area contributed by atoms with E-state index in [0.29, 0.717) is 39.6 Å². The third-order valence-corrected chi connectivity index (χ3v) is 18.5. The fourth-order valence-electron chi connectivity index (χ4n) is 4.35. The third kappa shape index (κ3) is 12.0. The molecule has 0 unspecified atom stereocenters. The van der Waals surface area contributed by atoms with Crippen LogP contribution >= 0.6 is 0 Å². The molecule has 0 bridgehead atoms. The summed E-state index contributed by atoms with van der Waals surface area (Å²) in [5, 5.41) is 0. The molecule has 0 fully saturated rings. The van der Waals surface area contributed by atoms with E-state index in [2.05, 4.69) is 13.5 Å². The summed E-state index contributed by atoms with van der Waals surface area (Å²) in [7, 11) is 0. The van der Waals surface area contributed by atoms with Gasteiger partial charge in [-0.05, 0) is 0 Å². The first kappa shape index (κ1) is 35.1. The Kier molecular flexibility index (Phi) is 20.2.